The van der Waals surface area contributed by atoms with E-state index in [0.29, 0.717) is 18.7 Å². The monoisotopic (exact) mass is 296 g/mol. The summed E-state index contributed by atoms with van der Waals surface area (Å²) in [4.78, 5) is 24.9. The minimum atomic E-state index is -0.376. The highest BCUT2D eigenvalue weighted by Gasteiger charge is 2.13. The quantitative estimate of drug-likeness (QED) is 0.728. The number of hydrogen-bond acceptors (Lipinski definition) is 3. The molecular weight excluding hydrogens is 275 g/mol. The molecule has 0 aliphatic heterocycles. The smallest absolute Gasteiger partial charge is 0.239 e. The Morgan fingerprint density at radius 3 is 2.81 bits per heavy atom. The molecule has 0 heterocycles. The Balaban J connectivity index is 2.35. The molecule has 1 aromatic carbocycles. The van der Waals surface area contributed by atoms with Gasteiger partial charge in [-0.3, -0.25) is 9.59 Å². The van der Waals surface area contributed by atoms with Crippen LogP contribution in [-0.2, 0) is 20.7 Å². The summed E-state index contributed by atoms with van der Waals surface area (Å²) < 4.78 is 17.9. The Morgan fingerprint density at radius 1 is 1.38 bits per heavy atom. The first-order valence-electron chi connectivity index (χ1n) is 6.77. The van der Waals surface area contributed by atoms with Crippen LogP contribution in [0.5, 0.6) is 0 Å². The fourth-order valence-electron chi connectivity index (χ4n) is 1.76. The third-order valence-corrected chi connectivity index (χ3v) is 2.90. The third-order valence-electron chi connectivity index (χ3n) is 2.90. The molecule has 2 amide bonds. The zero-order valence-electron chi connectivity index (χ0n) is 12.4. The molecule has 21 heavy (non-hydrogen) atoms. The molecule has 1 rings (SSSR count). The van der Waals surface area contributed by atoms with Gasteiger partial charge in [0.25, 0.3) is 0 Å². The molecule has 0 aliphatic rings. The van der Waals surface area contributed by atoms with Gasteiger partial charge in [0.1, 0.15) is 5.82 Å². The fourth-order valence-corrected chi connectivity index (χ4v) is 1.76. The zero-order valence-corrected chi connectivity index (χ0v) is 12.4. The number of nitrogens with zero attached hydrogens (tertiary/aromatic N) is 1. The summed E-state index contributed by atoms with van der Waals surface area (Å²) in [5.74, 6) is -0.826. The van der Waals surface area contributed by atoms with Crippen molar-refractivity contribution in [1.82, 2.24) is 10.2 Å². The van der Waals surface area contributed by atoms with Crippen LogP contribution in [0.3, 0.4) is 0 Å². The maximum atomic E-state index is 13.0. The number of nitrogens with one attached hydrogen (secondary N) is 1. The lowest BCUT2D eigenvalue weighted by Crippen LogP contribution is -2.39. The molecule has 1 N–H and O–H groups in total. The standard InChI is InChI=1S/C15H21FN2O3/c1-18(11-14(19)17-7-4-8-21-2)15(20)10-12-5-3-6-13(16)9-12/h3,5-6,9H,4,7-8,10-11H2,1-2H3,(H,17,19). The van der Waals surface area contributed by atoms with Crippen molar-refractivity contribution in [1.29, 1.82) is 0 Å². The van der Waals surface area contributed by atoms with Crippen molar-refractivity contribution >= 4 is 11.8 Å². The molecule has 5 nitrogen and oxygen atoms in total. The summed E-state index contributed by atoms with van der Waals surface area (Å²) in [6, 6.07) is 5.88. The molecule has 0 fully saturated rings. The van der Waals surface area contributed by atoms with Gasteiger partial charge in [-0.05, 0) is 24.1 Å². The number of rotatable bonds is 8. The van der Waals surface area contributed by atoms with Crippen molar-refractivity contribution in [2.75, 3.05) is 33.9 Å². The van der Waals surface area contributed by atoms with Gasteiger partial charge in [0.15, 0.2) is 0 Å². The van der Waals surface area contributed by atoms with Crippen molar-refractivity contribution in [3.63, 3.8) is 0 Å². The number of hydrogen-bond donors (Lipinski definition) is 1. The first kappa shape index (κ1) is 17.1. The molecular formula is C15H21FN2O3. The average Bonchev–Trinajstić information content (AvgIpc) is 2.43. The van der Waals surface area contributed by atoms with E-state index in [1.165, 1.54) is 17.0 Å². The number of halogens is 1. The first-order chi connectivity index (χ1) is 10.0. The Morgan fingerprint density at radius 2 is 2.14 bits per heavy atom. The minimum Gasteiger partial charge on any atom is -0.385 e. The predicted molar refractivity (Wildman–Crippen MR) is 77.2 cm³/mol. The second kappa shape index (κ2) is 9.07. The molecule has 0 bridgehead atoms. The number of ether oxygens (including phenoxy) is 1. The van der Waals surface area contributed by atoms with Crippen molar-refractivity contribution in [2.24, 2.45) is 0 Å². The third kappa shape index (κ3) is 6.85. The van der Waals surface area contributed by atoms with Crippen molar-refractivity contribution in [3.05, 3.63) is 35.6 Å². The summed E-state index contributed by atoms with van der Waals surface area (Å²) >= 11 is 0. The lowest BCUT2D eigenvalue weighted by Gasteiger charge is -2.17. The van der Waals surface area contributed by atoms with E-state index in [0.717, 1.165) is 6.42 Å². The molecule has 116 valence electrons. The van der Waals surface area contributed by atoms with E-state index in [9.17, 15) is 14.0 Å². The van der Waals surface area contributed by atoms with E-state index in [1.54, 1.807) is 26.3 Å². The molecule has 0 atom stereocenters. The van der Waals surface area contributed by atoms with E-state index < -0.39 is 0 Å². The van der Waals surface area contributed by atoms with Crippen LogP contribution < -0.4 is 5.32 Å². The molecule has 0 saturated heterocycles. The largest absolute Gasteiger partial charge is 0.385 e. The van der Waals surface area contributed by atoms with Gasteiger partial charge >= 0.3 is 0 Å². The van der Waals surface area contributed by atoms with E-state index >= 15 is 0 Å². The highest BCUT2D eigenvalue weighted by atomic mass is 19.1. The molecule has 0 spiro atoms. The zero-order chi connectivity index (χ0) is 15.7. The highest BCUT2D eigenvalue weighted by Crippen LogP contribution is 2.05. The number of carbonyl (C=O) groups excluding carboxylic acids is 2. The van der Waals surface area contributed by atoms with E-state index in [2.05, 4.69) is 5.32 Å². The molecule has 0 radical (unpaired) electrons. The van der Waals surface area contributed by atoms with Gasteiger partial charge in [-0.1, -0.05) is 12.1 Å². The second-order valence-electron chi connectivity index (χ2n) is 4.75. The summed E-state index contributed by atoms with van der Waals surface area (Å²) in [6.45, 7) is 1.08. The molecule has 6 heteroatoms. The van der Waals surface area contributed by atoms with E-state index in [4.69, 9.17) is 4.74 Å². The van der Waals surface area contributed by atoms with Gasteiger partial charge in [0.2, 0.25) is 11.8 Å². The minimum absolute atomic E-state index is 0.0128. The predicted octanol–water partition coefficient (Wildman–Crippen LogP) is 0.979. The van der Waals surface area contributed by atoms with Crippen LogP contribution in [0.15, 0.2) is 24.3 Å². The normalized spacial score (nSPS) is 10.2. The SMILES string of the molecule is COCCCNC(=O)CN(C)C(=O)Cc1cccc(F)c1. The molecule has 0 aliphatic carbocycles. The number of amides is 2. The van der Waals surface area contributed by atoms with Gasteiger partial charge in [0.05, 0.1) is 13.0 Å². The van der Waals surface area contributed by atoms with Gasteiger partial charge < -0.3 is 15.0 Å². The van der Waals surface area contributed by atoms with Gasteiger partial charge in [-0.15, -0.1) is 0 Å². The van der Waals surface area contributed by atoms with Crippen molar-refractivity contribution in [2.45, 2.75) is 12.8 Å². The van der Waals surface area contributed by atoms with E-state index in [1.807, 2.05) is 0 Å². The number of carbonyl (C=O) groups is 2. The summed E-state index contributed by atoms with van der Waals surface area (Å²) in [6.07, 6.45) is 0.800. The first-order valence-corrected chi connectivity index (χ1v) is 6.77. The number of methoxy groups -OCH3 is 1. The Bertz CT molecular complexity index is 480. The number of benzene rings is 1. The average molecular weight is 296 g/mol. The van der Waals surface area contributed by atoms with Crippen LogP contribution in [0.2, 0.25) is 0 Å². The maximum Gasteiger partial charge on any atom is 0.239 e. The van der Waals surface area contributed by atoms with E-state index in [-0.39, 0.29) is 30.6 Å². The Hall–Kier alpha value is -1.95. The van der Waals surface area contributed by atoms with Crippen LogP contribution >= 0.6 is 0 Å². The molecule has 1 aromatic rings. The lowest BCUT2D eigenvalue weighted by atomic mass is 10.1. The lowest BCUT2D eigenvalue weighted by molar-refractivity contribution is -0.134. The second-order valence-corrected chi connectivity index (χ2v) is 4.75. The van der Waals surface area contributed by atoms with Crippen molar-refractivity contribution < 1.29 is 18.7 Å². The van der Waals surface area contributed by atoms with Crippen molar-refractivity contribution in [3.8, 4) is 0 Å². The van der Waals surface area contributed by atoms with Gasteiger partial charge in [0, 0.05) is 27.3 Å². The molecule has 0 saturated carbocycles. The van der Waals surface area contributed by atoms with Crippen LogP contribution in [0.4, 0.5) is 4.39 Å². The Kier molecular flexibility index (Phi) is 7.39. The van der Waals surface area contributed by atoms with Gasteiger partial charge in [-0.25, -0.2) is 4.39 Å². The van der Waals surface area contributed by atoms with Crippen LogP contribution in [0, 0.1) is 5.82 Å². The Labute approximate surface area is 124 Å². The van der Waals surface area contributed by atoms with Gasteiger partial charge in [-0.2, -0.15) is 0 Å². The molecule has 0 unspecified atom stereocenters. The van der Waals surface area contributed by atoms with Crippen LogP contribution in [-0.4, -0.2) is 50.6 Å². The fraction of sp³-hybridized carbons (Fsp3) is 0.467. The van der Waals surface area contributed by atoms with Crippen LogP contribution in [0.1, 0.15) is 12.0 Å². The summed E-state index contributed by atoms with van der Waals surface area (Å²) in [5, 5.41) is 2.70. The van der Waals surface area contributed by atoms with Crippen LogP contribution in [0.25, 0.3) is 0 Å². The summed E-state index contributed by atoms with van der Waals surface area (Å²) in [7, 11) is 3.15. The molecule has 0 aromatic heterocycles. The maximum absolute atomic E-state index is 13.0. The number of likely N-dealkylation sites (N-methyl/N-ethyl adjacent to an activating group) is 1. The summed E-state index contributed by atoms with van der Waals surface area (Å²) in [5.41, 5.74) is 0.590. The highest BCUT2D eigenvalue weighted by molar-refractivity contribution is 5.85. The topological polar surface area (TPSA) is 58.6 Å².